The molecule has 1 atom stereocenters. The number of nitrogens with two attached hydrogens (primary N) is 1. The number of rotatable bonds is 6. The number of carbonyl (C=O) groups is 1. The van der Waals surface area contributed by atoms with Gasteiger partial charge < -0.3 is 25.3 Å². The fourth-order valence-corrected chi connectivity index (χ4v) is 1.83. The Balaban J connectivity index is 0.00000242. The highest BCUT2D eigenvalue weighted by Gasteiger charge is 2.26. The molecule has 120 valence electrons. The van der Waals surface area contributed by atoms with Crippen LogP contribution in [0.3, 0.4) is 0 Å². The Bertz CT molecular complexity index is 560. The van der Waals surface area contributed by atoms with Gasteiger partial charge >= 0.3 is 0 Å². The minimum Gasteiger partial charge on any atom is -0.461 e. The average molecular weight is 328 g/mol. The third-order valence-corrected chi connectivity index (χ3v) is 2.96. The molecule has 0 aromatic heterocycles. The Kier molecular flexibility index (Phi) is 6.68. The van der Waals surface area contributed by atoms with E-state index in [0.717, 1.165) is 5.56 Å². The maximum Gasteiger partial charge on any atom is 0.257 e. The van der Waals surface area contributed by atoms with Crippen LogP contribution in [0.5, 0.6) is 0 Å². The van der Waals surface area contributed by atoms with Crippen LogP contribution < -0.4 is 11.1 Å². The molecule has 22 heavy (non-hydrogen) atoms. The second-order valence-corrected chi connectivity index (χ2v) is 4.39. The van der Waals surface area contributed by atoms with Crippen LogP contribution in [0.15, 0.2) is 36.3 Å². The number of amides is 1. The molecular formula is C14H18ClN3O4. The van der Waals surface area contributed by atoms with Gasteiger partial charge in [0.15, 0.2) is 11.9 Å². The van der Waals surface area contributed by atoms with Crippen LogP contribution in [0.4, 0.5) is 0 Å². The molecule has 1 unspecified atom stereocenters. The van der Waals surface area contributed by atoms with E-state index in [-0.39, 0.29) is 30.9 Å². The van der Waals surface area contributed by atoms with Gasteiger partial charge in [0, 0.05) is 19.2 Å². The fraction of sp³-hybridized carbons (Fsp3) is 0.286. The first kappa shape index (κ1) is 17.8. The maximum absolute atomic E-state index is 12.0. The first-order chi connectivity index (χ1) is 10.1. The van der Waals surface area contributed by atoms with Gasteiger partial charge in [-0.15, -0.1) is 12.4 Å². The maximum atomic E-state index is 12.0. The van der Waals surface area contributed by atoms with Gasteiger partial charge in [-0.1, -0.05) is 24.3 Å². The molecule has 2 rings (SSSR count). The van der Waals surface area contributed by atoms with E-state index in [9.17, 15) is 4.79 Å². The summed E-state index contributed by atoms with van der Waals surface area (Å²) in [6.45, 7) is 0.431. The second-order valence-electron chi connectivity index (χ2n) is 4.39. The lowest BCUT2D eigenvalue weighted by Crippen LogP contribution is -2.37. The number of methoxy groups -OCH3 is 1. The van der Waals surface area contributed by atoms with Crippen LogP contribution in [-0.2, 0) is 25.5 Å². The summed E-state index contributed by atoms with van der Waals surface area (Å²) >= 11 is 0. The summed E-state index contributed by atoms with van der Waals surface area (Å²) in [6.07, 6.45) is 0.541. The number of ether oxygens (including phenoxy) is 3. The third kappa shape index (κ3) is 4.37. The van der Waals surface area contributed by atoms with Gasteiger partial charge in [-0.3, -0.25) is 10.2 Å². The van der Waals surface area contributed by atoms with E-state index >= 15 is 0 Å². The number of amidine groups is 1. The average Bonchev–Trinajstić information content (AvgIpc) is 3.00. The molecule has 1 aliphatic rings. The van der Waals surface area contributed by atoms with Crippen LogP contribution in [0.1, 0.15) is 11.1 Å². The predicted molar refractivity (Wildman–Crippen MR) is 82.5 cm³/mol. The number of benzene rings is 1. The van der Waals surface area contributed by atoms with E-state index in [0.29, 0.717) is 17.9 Å². The van der Waals surface area contributed by atoms with Gasteiger partial charge in [-0.25, -0.2) is 0 Å². The van der Waals surface area contributed by atoms with Crippen LogP contribution in [0, 0.1) is 5.41 Å². The zero-order chi connectivity index (χ0) is 15.2. The number of halogens is 1. The molecule has 7 nitrogen and oxygen atoms in total. The monoisotopic (exact) mass is 327 g/mol. The predicted octanol–water partition coefficient (Wildman–Crippen LogP) is 0.869. The molecule has 1 aromatic rings. The van der Waals surface area contributed by atoms with Crippen molar-refractivity contribution in [3.05, 3.63) is 47.4 Å². The zero-order valence-corrected chi connectivity index (χ0v) is 12.8. The summed E-state index contributed by atoms with van der Waals surface area (Å²) in [5.74, 6) is 0.0437. The molecule has 0 aliphatic carbocycles. The molecule has 0 fully saturated rings. The highest BCUT2D eigenvalue weighted by molar-refractivity contribution is 5.94. The molecule has 1 aliphatic heterocycles. The smallest absolute Gasteiger partial charge is 0.257 e. The molecule has 1 heterocycles. The molecule has 1 aromatic carbocycles. The van der Waals surface area contributed by atoms with Gasteiger partial charge in [0.05, 0.1) is 0 Å². The molecule has 0 bridgehead atoms. The van der Waals surface area contributed by atoms with Crippen molar-refractivity contribution in [2.75, 3.05) is 13.9 Å². The molecule has 8 heteroatoms. The highest BCUT2D eigenvalue weighted by Crippen LogP contribution is 2.14. The Morgan fingerprint density at radius 1 is 1.45 bits per heavy atom. The molecule has 0 radical (unpaired) electrons. The van der Waals surface area contributed by atoms with Gasteiger partial charge in [0.2, 0.25) is 6.79 Å². The van der Waals surface area contributed by atoms with Crippen LogP contribution in [-0.4, -0.2) is 31.7 Å². The van der Waals surface area contributed by atoms with Gasteiger partial charge in [0.25, 0.3) is 5.91 Å². The van der Waals surface area contributed by atoms with Crippen molar-refractivity contribution in [1.82, 2.24) is 5.32 Å². The molecule has 1 amide bonds. The van der Waals surface area contributed by atoms with Gasteiger partial charge in [-0.2, -0.15) is 0 Å². The zero-order valence-electron chi connectivity index (χ0n) is 12.0. The molecule has 0 saturated carbocycles. The lowest BCUT2D eigenvalue weighted by Gasteiger charge is -2.15. The normalized spacial score (nSPS) is 14.0. The van der Waals surface area contributed by atoms with E-state index < -0.39 is 6.10 Å². The quantitative estimate of drug-likeness (QED) is 0.531. The van der Waals surface area contributed by atoms with E-state index in [1.54, 1.807) is 24.3 Å². The minimum absolute atomic E-state index is 0. The van der Waals surface area contributed by atoms with Gasteiger partial charge in [0.1, 0.15) is 12.1 Å². The summed E-state index contributed by atoms with van der Waals surface area (Å²) in [6, 6.07) is 7.06. The van der Waals surface area contributed by atoms with Crippen molar-refractivity contribution in [3.63, 3.8) is 0 Å². The molecule has 4 N–H and O–H groups in total. The fourth-order valence-electron chi connectivity index (χ4n) is 1.83. The Hall–Kier alpha value is -2.25. The van der Waals surface area contributed by atoms with Crippen molar-refractivity contribution in [2.45, 2.75) is 12.6 Å². The summed E-state index contributed by atoms with van der Waals surface area (Å²) in [5.41, 5.74) is 6.91. The van der Waals surface area contributed by atoms with E-state index in [1.165, 1.54) is 13.4 Å². The first-order valence-electron chi connectivity index (χ1n) is 6.30. The van der Waals surface area contributed by atoms with E-state index in [2.05, 4.69) is 5.32 Å². The third-order valence-electron chi connectivity index (χ3n) is 2.96. The topological polar surface area (TPSA) is 107 Å². The SMILES string of the molecule is COC(C(=O)NCc1ccc(C(=N)N)cc1)C1=COCO1.Cl. The minimum atomic E-state index is -0.830. The molecule has 0 saturated heterocycles. The van der Waals surface area contributed by atoms with E-state index in [4.69, 9.17) is 25.4 Å². The summed E-state index contributed by atoms with van der Waals surface area (Å²) in [5, 5.41) is 10.1. The number of nitrogens with one attached hydrogen (secondary N) is 2. The van der Waals surface area contributed by atoms with E-state index in [1.807, 2.05) is 0 Å². The summed E-state index contributed by atoms with van der Waals surface area (Å²) in [4.78, 5) is 12.0. The number of nitrogen functional groups attached to an aromatic ring is 1. The Morgan fingerprint density at radius 3 is 2.64 bits per heavy atom. The number of carbonyl (C=O) groups excluding carboxylic acids is 1. The van der Waals surface area contributed by atoms with Crippen LogP contribution in [0.25, 0.3) is 0 Å². The largest absolute Gasteiger partial charge is 0.461 e. The number of hydrogen-bond acceptors (Lipinski definition) is 5. The number of hydrogen-bond donors (Lipinski definition) is 3. The van der Waals surface area contributed by atoms with Crippen LogP contribution >= 0.6 is 12.4 Å². The van der Waals surface area contributed by atoms with Gasteiger partial charge in [-0.05, 0) is 5.56 Å². The van der Waals surface area contributed by atoms with Crippen molar-refractivity contribution in [2.24, 2.45) is 5.73 Å². The molecule has 0 spiro atoms. The van der Waals surface area contributed by atoms with Crippen molar-refractivity contribution in [1.29, 1.82) is 5.41 Å². The second kappa shape index (κ2) is 8.26. The summed E-state index contributed by atoms with van der Waals surface area (Å²) < 4.78 is 15.2. The lowest BCUT2D eigenvalue weighted by molar-refractivity contribution is -0.131. The highest BCUT2D eigenvalue weighted by atomic mass is 35.5. The lowest BCUT2D eigenvalue weighted by atomic mass is 10.1. The van der Waals surface area contributed by atoms with Crippen molar-refractivity contribution in [3.8, 4) is 0 Å². The Morgan fingerprint density at radius 2 is 2.14 bits per heavy atom. The van der Waals surface area contributed by atoms with Crippen LogP contribution in [0.2, 0.25) is 0 Å². The van der Waals surface area contributed by atoms with Crippen molar-refractivity contribution < 1.29 is 19.0 Å². The Labute approximate surface area is 134 Å². The standard InChI is InChI=1S/C14H17N3O4.ClH/c1-19-12(11-7-20-8-21-11)14(18)17-6-9-2-4-10(5-3-9)13(15)16;/h2-5,7,12H,6,8H2,1H3,(H3,15,16)(H,17,18);1H. The van der Waals surface area contributed by atoms with Crippen molar-refractivity contribution >= 4 is 24.1 Å². The first-order valence-corrected chi connectivity index (χ1v) is 6.30. The molecular weight excluding hydrogens is 310 g/mol. The summed E-state index contributed by atoms with van der Waals surface area (Å²) in [7, 11) is 1.43.